The van der Waals surface area contributed by atoms with Crippen LogP contribution in [0.1, 0.15) is 21.5 Å². The lowest BCUT2D eigenvalue weighted by Crippen LogP contribution is -2.14. The molecule has 0 saturated carbocycles. The van der Waals surface area contributed by atoms with Crippen molar-refractivity contribution < 1.29 is 18.9 Å². The molecule has 0 aliphatic carbocycles. The topological polar surface area (TPSA) is 104 Å². The standard InChI is InChI=1S/C31H30FN6O3P/c1-20(41-37(2)3)22-10-8-11-23(16-22)31(40)35-24-12-7-9-21(15-24)18-33-29-17-26(25-13-5-6-14-27(25)39)36-30-28(42(4)32)19-34-38(29)30/h5-17,19,33,39H,1,18H2,2-4H3,(H,35,40). The zero-order valence-electron chi connectivity index (χ0n) is 23.4. The van der Waals surface area contributed by atoms with Gasteiger partial charge in [-0.15, -0.1) is 0 Å². The highest BCUT2D eigenvalue weighted by Gasteiger charge is 2.18. The Hall–Kier alpha value is -4.79. The minimum absolute atomic E-state index is 0.0731. The van der Waals surface area contributed by atoms with Gasteiger partial charge in [-0.2, -0.15) is 14.7 Å². The summed E-state index contributed by atoms with van der Waals surface area (Å²) in [5.74, 6) is 0.816. The predicted molar refractivity (Wildman–Crippen MR) is 166 cm³/mol. The van der Waals surface area contributed by atoms with Crippen molar-refractivity contribution in [3.8, 4) is 17.0 Å². The molecule has 0 spiro atoms. The summed E-state index contributed by atoms with van der Waals surface area (Å²) in [5.41, 5.74) is 4.08. The number of phenolic OH excluding ortho intramolecular Hbond substituents is 1. The fourth-order valence-electron chi connectivity index (χ4n) is 4.38. The van der Waals surface area contributed by atoms with Gasteiger partial charge in [-0.05, 0) is 48.6 Å². The molecule has 0 aliphatic rings. The SMILES string of the molecule is C=C(ON(C)C)c1cccc(C(=O)Nc2cccc(CNc3cc(-c4ccccc4O)nc4c(P(C)F)cnn34)c2)c1. The van der Waals surface area contributed by atoms with E-state index in [-0.39, 0.29) is 11.7 Å². The number of carbonyl (C=O) groups is 1. The summed E-state index contributed by atoms with van der Waals surface area (Å²) in [6.07, 6.45) is 1.49. The van der Waals surface area contributed by atoms with Crippen molar-refractivity contribution in [2.75, 3.05) is 31.4 Å². The van der Waals surface area contributed by atoms with E-state index in [1.165, 1.54) is 17.9 Å². The largest absolute Gasteiger partial charge is 0.507 e. The van der Waals surface area contributed by atoms with Crippen molar-refractivity contribution in [3.63, 3.8) is 0 Å². The number of carbonyl (C=O) groups excluding carboxylic acids is 1. The third-order valence-corrected chi connectivity index (χ3v) is 7.34. The Morgan fingerprint density at radius 2 is 1.83 bits per heavy atom. The summed E-state index contributed by atoms with van der Waals surface area (Å²) < 4.78 is 16.0. The molecule has 0 bridgehead atoms. The molecular weight excluding hydrogens is 554 g/mol. The Morgan fingerprint density at radius 1 is 1.07 bits per heavy atom. The number of para-hydroxylation sites is 1. The number of nitrogens with zero attached hydrogens (tertiary/aromatic N) is 4. The van der Waals surface area contributed by atoms with Gasteiger partial charge in [-0.3, -0.25) is 4.79 Å². The average molecular weight is 585 g/mol. The molecule has 42 heavy (non-hydrogen) atoms. The van der Waals surface area contributed by atoms with Crippen LogP contribution in [-0.4, -0.2) is 51.4 Å². The number of benzene rings is 3. The Kier molecular flexibility index (Phi) is 8.47. The lowest BCUT2D eigenvalue weighted by molar-refractivity contribution is -0.0353. The van der Waals surface area contributed by atoms with Crippen LogP contribution < -0.4 is 15.9 Å². The first-order valence-electron chi connectivity index (χ1n) is 13.0. The summed E-state index contributed by atoms with van der Waals surface area (Å²) in [4.78, 5) is 23.2. The Labute approximate surface area is 244 Å². The van der Waals surface area contributed by atoms with Crippen molar-refractivity contribution in [1.82, 2.24) is 19.7 Å². The third kappa shape index (κ3) is 6.40. The second kappa shape index (κ2) is 12.4. The Morgan fingerprint density at radius 3 is 2.60 bits per heavy atom. The molecule has 9 nitrogen and oxygen atoms in total. The van der Waals surface area contributed by atoms with Crippen LogP contribution in [0.15, 0.2) is 91.6 Å². The number of aromatic hydroxyl groups is 1. The maximum Gasteiger partial charge on any atom is 0.255 e. The van der Waals surface area contributed by atoms with E-state index < -0.39 is 8.23 Å². The highest BCUT2D eigenvalue weighted by Crippen LogP contribution is 2.35. The number of hydrogen-bond acceptors (Lipinski definition) is 7. The van der Waals surface area contributed by atoms with Crippen molar-refractivity contribution in [3.05, 3.63) is 108 Å². The fourth-order valence-corrected chi connectivity index (χ4v) is 5.02. The molecule has 3 N–H and O–H groups in total. The van der Waals surface area contributed by atoms with Gasteiger partial charge in [0.05, 0.1) is 17.2 Å². The average Bonchev–Trinajstić information content (AvgIpc) is 3.41. The smallest absolute Gasteiger partial charge is 0.255 e. The van der Waals surface area contributed by atoms with E-state index in [4.69, 9.17) is 4.84 Å². The lowest BCUT2D eigenvalue weighted by atomic mass is 10.1. The molecule has 0 aliphatic heterocycles. The normalized spacial score (nSPS) is 11.8. The number of aromatic nitrogens is 3. The van der Waals surface area contributed by atoms with Gasteiger partial charge in [-0.25, -0.2) is 9.18 Å². The summed E-state index contributed by atoms with van der Waals surface area (Å²) in [6, 6.07) is 23.1. The molecule has 1 unspecified atom stereocenters. The van der Waals surface area contributed by atoms with Crippen molar-refractivity contribution in [2.45, 2.75) is 6.54 Å². The van der Waals surface area contributed by atoms with Gasteiger partial charge < -0.3 is 20.6 Å². The van der Waals surface area contributed by atoms with Crippen molar-refractivity contribution >= 4 is 42.4 Å². The molecule has 1 amide bonds. The summed E-state index contributed by atoms with van der Waals surface area (Å²) in [5, 5.41) is 23.0. The number of amides is 1. The van der Waals surface area contributed by atoms with Crippen molar-refractivity contribution in [1.29, 1.82) is 0 Å². The van der Waals surface area contributed by atoms with Gasteiger partial charge >= 0.3 is 0 Å². The summed E-state index contributed by atoms with van der Waals surface area (Å²) in [6.45, 7) is 5.80. The summed E-state index contributed by atoms with van der Waals surface area (Å²) >= 11 is 0. The van der Waals surface area contributed by atoms with E-state index in [2.05, 4.69) is 27.3 Å². The first kappa shape index (κ1) is 28.7. The molecule has 5 aromatic rings. The number of phenols is 1. The molecule has 0 radical (unpaired) electrons. The number of anilines is 2. The summed E-state index contributed by atoms with van der Waals surface area (Å²) in [7, 11) is 1.57. The van der Waals surface area contributed by atoms with Gasteiger partial charge in [0.2, 0.25) is 0 Å². The number of hydroxylamine groups is 2. The molecule has 0 saturated heterocycles. The first-order valence-corrected chi connectivity index (χ1v) is 14.7. The molecule has 2 aromatic heterocycles. The maximum absolute atomic E-state index is 14.4. The van der Waals surface area contributed by atoms with Crippen LogP contribution in [0.25, 0.3) is 22.7 Å². The third-order valence-electron chi connectivity index (χ3n) is 6.36. The second-order valence-electron chi connectivity index (χ2n) is 9.70. The second-order valence-corrected chi connectivity index (χ2v) is 11.1. The molecule has 11 heteroatoms. The first-order chi connectivity index (χ1) is 20.2. The molecule has 214 valence electrons. The van der Waals surface area contributed by atoms with Crippen LogP contribution in [0.2, 0.25) is 0 Å². The minimum Gasteiger partial charge on any atom is -0.507 e. The molecule has 2 heterocycles. The minimum atomic E-state index is -1.95. The van der Waals surface area contributed by atoms with Crippen molar-refractivity contribution in [2.24, 2.45) is 0 Å². The molecule has 3 aromatic carbocycles. The van der Waals surface area contributed by atoms with E-state index >= 15 is 0 Å². The van der Waals surface area contributed by atoms with Gasteiger partial charge in [0.25, 0.3) is 5.91 Å². The predicted octanol–water partition coefficient (Wildman–Crippen LogP) is 6.05. The number of hydrogen-bond donors (Lipinski definition) is 3. The Bertz CT molecular complexity index is 1770. The van der Waals surface area contributed by atoms with E-state index in [1.807, 2.05) is 30.3 Å². The zero-order valence-corrected chi connectivity index (χ0v) is 24.3. The maximum atomic E-state index is 14.4. The fraction of sp³-hybridized carbons (Fsp3) is 0.129. The van der Waals surface area contributed by atoms with E-state index in [9.17, 15) is 14.1 Å². The highest BCUT2D eigenvalue weighted by molar-refractivity contribution is 7.60. The number of halogens is 1. The van der Waals surface area contributed by atoms with Crippen LogP contribution in [0.3, 0.4) is 0 Å². The van der Waals surface area contributed by atoms with E-state index in [0.717, 1.165) is 5.56 Å². The number of rotatable bonds is 10. The van der Waals surface area contributed by atoms with Crippen LogP contribution in [0.4, 0.5) is 15.7 Å². The van der Waals surface area contributed by atoms with Gasteiger partial charge in [-0.1, -0.05) is 43.0 Å². The molecular formula is C31H30FN6O3P. The van der Waals surface area contributed by atoms with Crippen LogP contribution in [0, 0.1) is 0 Å². The molecule has 5 rings (SSSR count). The monoisotopic (exact) mass is 584 g/mol. The molecule has 1 atom stereocenters. The quantitative estimate of drug-likeness (QED) is 0.104. The highest BCUT2D eigenvalue weighted by atomic mass is 31.2. The van der Waals surface area contributed by atoms with Gasteiger partial charge in [0.1, 0.15) is 25.6 Å². The zero-order chi connectivity index (χ0) is 29.8. The van der Waals surface area contributed by atoms with E-state index in [1.54, 1.807) is 67.1 Å². The Balaban J connectivity index is 1.36. The number of nitrogens with one attached hydrogen (secondary N) is 2. The van der Waals surface area contributed by atoms with Crippen LogP contribution in [0.5, 0.6) is 5.75 Å². The van der Waals surface area contributed by atoms with Crippen LogP contribution >= 0.6 is 8.23 Å². The van der Waals surface area contributed by atoms with Gasteiger partial charge in [0, 0.05) is 49.1 Å². The van der Waals surface area contributed by atoms with E-state index in [0.29, 0.717) is 57.1 Å². The molecule has 0 fully saturated rings. The number of fused-ring (bicyclic) bond motifs is 1. The van der Waals surface area contributed by atoms with Gasteiger partial charge in [0.15, 0.2) is 5.65 Å². The van der Waals surface area contributed by atoms with Crippen LogP contribution in [-0.2, 0) is 11.4 Å². The lowest BCUT2D eigenvalue weighted by Gasteiger charge is -2.15.